The average molecular weight is 308 g/mol. The predicted molar refractivity (Wildman–Crippen MR) is 97.9 cm³/mol. The number of hydrogen-bond acceptors (Lipinski definition) is 1. The lowest BCUT2D eigenvalue weighted by Crippen LogP contribution is -2.25. The Kier molecular flexibility index (Phi) is 4.00. The molecule has 0 radical (unpaired) electrons. The third-order valence-electron chi connectivity index (χ3n) is 5.12. The highest BCUT2D eigenvalue weighted by Gasteiger charge is 2.36. The summed E-state index contributed by atoms with van der Waals surface area (Å²) in [5, 5.41) is 0. The van der Waals surface area contributed by atoms with Gasteiger partial charge in [-0.15, -0.1) is 0 Å². The third kappa shape index (κ3) is 2.67. The van der Waals surface area contributed by atoms with Gasteiger partial charge in [-0.3, -0.25) is 0 Å². The molecule has 0 unspecified atom stereocenters. The van der Waals surface area contributed by atoms with E-state index < -0.39 is 0 Å². The molecule has 0 N–H and O–H groups in total. The number of aryl methyl sites for hydroxylation is 4. The summed E-state index contributed by atoms with van der Waals surface area (Å²) < 4.78 is 6.39. The summed E-state index contributed by atoms with van der Waals surface area (Å²) in [5.41, 5.74) is 7.86. The monoisotopic (exact) mass is 308 g/mol. The lowest BCUT2D eigenvalue weighted by molar-refractivity contribution is 0.411. The van der Waals surface area contributed by atoms with Gasteiger partial charge < -0.3 is 4.74 Å². The number of benzene rings is 2. The Bertz CT molecular complexity index is 753. The van der Waals surface area contributed by atoms with Gasteiger partial charge in [-0.25, -0.2) is 0 Å². The molecule has 1 heterocycles. The van der Waals surface area contributed by atoms with E-state index >= 15 is 0 Å². The zero-order valence-corrected chi connectivity index (χ0v) is 15.3. The van der Waals surface area contributed by atoms with Gasteiger partial charge in [0.15, 0.2) is 0 Å². The molecule has 0 spiro atoms. The Morgan fingerprint density at radius 1 is 0.870 bits per heavy atom. The SMILES string of the molecule is CCCCc1cc(C)c2c(c1)C(C)(C)c1cc(C)cc(C)c1O2. The molecule has 0 bridgehead atoms. The Balaban J connectivity index is 2.18. The molecule has 2 aromatic carbocycles. The van der Waals surface area contributed by atoms with Gasteiger partial charge in [0.05, 0.1) is 0 Å². The van der Waals surface area contributed by atoms with Gasteiger partial charge >= 0.3 is 0 Å². The molecule has 1 heteroatoms. The van der Waals surface area contributed by atoms with Crippen LogP contribution in [0.3, 0.4) is 0 Å². The first kappa shape index (κ1) is 16.1. The second-order valence-electron chi connectivity index (χ2n) is 7.58. The van der Waals surface area contributed by atoms with Crippen LogP contribution in [-0.2, 0) is 11.8 Å². The van der Waals surface area contributed by atoms with E-state index in [0.717, 1.165) is 17.9 Å². The van der Waals surface area contributed by atoms with E-state index in [1.54, 1.807) is 0 Å². The van der Waals surface area contributed by atoms with Crippen LogP contribution in [0.15, 0.2) is 24.3 Å². The summed E-state index contributed by atoms with van der Waals surface area (Å²) in [4.78, 5) is 0. The topological polar surface area (TPSA) is 9.23 Å². The van der Waals surface area contributed by atoms with E-state index in [4.69, 9.17) is 4.74 Å². The van der Waals surface area contributed by atoms with Crippen LogP contribution >= 0.6 is 0 Å². The summed E-state index contributed by atoms with van der Waals surface area (Å²) in [7, 11) is 0. The molecule has 0 amide bonds. The summed E-state index contributed by atoms with van der Waals surface area (Å²) in [6.07, 6.45) is 3.63. The molecular formula is C22H28O. The Morgan fingerprint density at radius 2 is 1.48 bits per heavy atom. The molecule has 1 aliphatic heterocycles. The van der Waals surface area contributed by atoms with Crippen molar-refractivity contribution >= 4 is 0 Å². The van der Waals surface area contributed by atoms with Crippen molar-refractivity contribution in [2.24, 2.45) is 0 Å². The van der Waals surface area contributed by atoms with Gasteiger partial charge in [0.25, 0.3) is 0 Å². The van der Waals surface area contributed by atoms with Crippen LogP contribution in [-0.4, -0.2) is 0 Å². The van der Waals surface area contributed by atoms with Crippen molar-refractivity contribution in [2.75, 3.05) is 0 Å². The van der Waals surface area contributed by atoms with Crippen molar-refractivity contribution in [3.63, 3.8) is 0 Å². The first-order chi connectivity index (χ1) is 10.8. The number of ether oxygens (including phenoxy) is 1. The molecule has 0 aromatic heterocycles. The summed E-state index contributed by atoms with van der Waals surface area (Å²) >= 11 is 0. The number of rotatable bonds is 3. The van der Waals surface area contributed by atoms with Gasteiger partial charge in [0.2, 0.25) is 0 Å². The fraction of sp³-hybridized carbons (Fsp3) is 0.455. The molecule has 0 aliphatic carbocycles. The Labute approximate surface area is 140 Å². The zero-order valence-electron chi connectivity index (χ0n) is 15.3. The van der Waals surface area contributed by atoms with Crippen molar-refractivity contribution in [3.8, 4) is 11.5 Å². The maximum absolute atomic E-state index is 6.39. The van der Waals surface area contributed by atoms with E-state index in [-0.39, 0.29) is 5.41 Å². The van der Waals surface area contributed by atoms with Crippen LogP contribution in [0.25, 0.3) is 0 Å². The molecule has 23 heavy (non-hydrogen) atoms. The number of unbranched alkanes of at least 4 members (excludes halogenated alkanes) is 1. The fourth-order valence-electron chi connectivity index (χ4n) is 3.77. The fourth-order valence-corrected chi connectivity index (χ4v) is 3.77. The minimum atomic E-state index is -0.0211. The summed E-state index contributed by atoms with van der Waals surface area (Å²) in [5.74, 6) is 2.12. The average Bonchev–Trinajstić information content (AvgIpc) is 2.47. The molecule has 1 nitrogen and oxygen atoms in total. The van der Waals surface area contributed by atoms with Crippen LogP contribution < -0.4 is 4.74 Å². The van der Waals surface area contributed by atoms with E-state index in [0.29, 0.717) is 0 Å². The zero-order chi connectivity index (χ0) is 16.8. The van der Waals surface area contributed by atoms with Gasteiger partial charge in [0, 0.05) is 16.5 Å². The van der Waals surface area contributed by atoms with E-state index in [1.165, 1.54) is 46.2 Å². The van der Waals surface area contributed by atoms with Crippen molar-refractivity contribution in [2.45, 2.75) is 66.2 Å². The molecule has 122 valence electrons. The quantitative estimate of drug-likeness (QED) is 0.638. The molecular weight excluding hydrogens is 280 g/mol. The highest BCUT2D eigenvalue weighted by Crippen LogP contribution is 2.50. The Morgan fingerprint density at radius 3 is 2.13 bits per heavy atom. The maximum Gasteiger partial charge on any atom is 0.134 e. The second kappa shape index (κ2) is 5.70. The van der Waals surface area contributed by atoms with E-state index in [9.17, 15) is 0 Å². The number of fused-ring (bicyclic) bond motifs is 2. The highest BCUT2D eigenvalue weighted by atomic mass is 16.5. The van der Waals surface area contributed by atoms with Crippen LogP contribution in [0.2, 0.25) is 0 Å². The molecule has 0 fully saturated rings. The number of hydrogen-bond donors (Lipinski definition) is 0. The van der Waals surface area contributed by atoms with Crippen molar-refractivity contribution in [3.05, 3.63) is 57.6 Å². The molecule has 0 atom stereocenters. The summed E-state index contributed by atoms with van der Waals surface area (Å²) in [6, 6.07) is 9.18. The van der Waals surface area contributed by atoms with Gasteiger partial charge in [-0.05, 0) is 50.3 Å². The minimum Gasteiger partial charge on any atom is -0.456 e. The second-order valence-corrected chi connectivity index (χ2v) is 7.58. The first-order valence-electron chi connectivity index (χ1n) is 8.78. The molecule has 0 saturated heterocycles. The molecule has 1 aliphatic rings. The van der Waals surface area contributed by atoms with Crippen LogP contribution in [0.1, 0.15) is 67.0 Å². The van der Waals surface area contributed by atoms with Crippen molar-refractivity contribution in [1.29, 1.82) is 0 Å². The molecule has 0 saturated carbocycles. The lowest BCUT2D eigenvalue weighted by atomic mass is 9.73. The summed E-state index contributed by atoms with van der Waals surface area (Å²) in [6.45, 7) is 13.4. The standard InChI is InChI=1S/C22H28O/c1-7-8-9-17-12-16(4)21-19(13-17)22(5,6)18-11-14(2)10-15(3)20(18)23-21/h10-13H,7-9H2,1-6H3. The normalized spacial score (nSPS) is 14.9. The van der Waals surface area contributed by atoms with Gasteiger partial charge in [0.1, 0.15) is 11.5 Å². The largest absolute Gasteiger partial charge is 0.456 e. The predicted octanol–water partition coefficient (Wildman–Crippen LogP) is 6.39. The van der Waals surface area contributed by atoms with Crippen molar-refractivity contribution in [1.82, 2.24) is 0 Å². The van der Waals surface area contributed by atoms with E-state index in [2.05, 4.69) is 65.8 Å². The smallest absolute Gasteiger partial charge is 0.134 e. The highest BCUT2D eigenvalue weighted by molar-refractivity contribution is 5.62. The van der Waals surface area contributed by atoms with Crippen LogP contribution in [0.5, 0.6) is 11.5 Å². The Hall–Kier alpha value is -1.76. The maximum atomic E-state index is 6.39. The van der Waals surface area contributed by atoms with Crippen LogP contribution in [0.4, 0.5) is 0 Å². The first-order valence-corrected chi connectivity index (χ1v) is 8.78. The van der Waals surface area contributed by atoms with Crippen LogP contribution in [0, 0.1) is 20.8 Å². The third-order valence-corrected chi connectivity index (χ3v) is 5.12. The van der Waals surface area contributed by atoms with Crippen molar-refractivity contribution < 1.29 is 4.74 Å². The molecule has 2 aromatic rings. The van der Waals surface area contributed by atoms with Gasteiger partial charge in [-0.1, -0.05) is 57.0 Å². The van der Waals surface area contributed by atoms with Gasteiger partial charge in [-0.2, -0.15) is 0 Å². The van der Waals surface area contributed by atoms with E-state index in [1.807, 2.05) is 0 Å². The minimum absolute atomic E-state index is 0.0211. The lowest BCUT2D eigenvalue weighted by Gasteiger charge is -2.37. The molecule has 3 rings (SSSR count).